The quantitative estimate of drug-likeness (QED) is 0.195. The maximum atomic E-state index is 13.1. The molecule has 0 unspecified atom stereocenters. The van der Waals surface area contributed by atoms with Crippen LogP contribution in [0.15, 0.2) is 0 Å². The Balaban J connectivity index is 5.54. The number of urea groups is 1. The van der Waals surface area contributed by atoms with Crippen molar-refractivity contribution in [3.63, 3.8) is 0 Å². The third-order valence-corrected chi connectivity index (χ3v) is 5.43. The first-order chi connectivity index (χ1) is 18.8. The Morgan fingerprint density at radius 1 is 0.714 bits per heavy atom. The summed E-state index contributed by atoms with van der Waals surface area (Å²) >= 11 is 0. The Morgan fingerprint density at radius 3 is 1.67 bits per heavy atom. The summed E-state index contributed by atoms with van der Waals surface area (Å²) in [6, 6.07) is -2.27. The summed E-state index contributed by atoms with van der Waals surface area (Å²) in [7, 11) is 0. The molecule has 2 atom stereocenters. The van der Waals surface area contributed by atoms with Crippen molar-refractivity contribution in [3.05, 3.63) is 0 Å². The number of ether oxygens (including phenoxy) is 3. The fourth-order valence-electron chi connectivity index (χ4n) is 3.65. The van der Waals surface area contributed by atoms with Crippen LogP contribution in [-0.2, 0) is 33.4 Å². The van der Waals surface area contributed by atoms with Crippen LogP contribution in [0.3, 0.4) is 0 Å². The van der Waals surface area contributed by atoms with Crippen molar-refractivity contribution in [1.29, 1.82) is 0 Å². The zero-order chi connectivity index (χ0) is 33.1. The smallest absolute Gasteiger partial charge is 0.329 e. The molecule has 11 heteroatoms. The van der Waals surface area contributed by atoms with Gasteiger partial charge in [0.05, 0.1) is 6.54 Å². The molecule has 0 bridgehead atoms. The summed E-state index contributed by atoms with van der Waals surface area (Å²) in [4.78, 5) is 64.7. The van der Waals surface area contributed by atoms with Gasteiger partial charge in [-0.05, 0) is 80.6 Å². The molecular weight excluding hydrogens is 542 g/mol. The maximum absolute atomic E-state index is 13.1. The van der Waals surface area contributed by atoms with Gasteiger partial charge in [0.25, 0.3) is 0 Å². The molecule has 0 aromatic heterocycles. The number of nitrogens with one attached hydrogen (secondary N) is 2. The molecule has 0 saturated heterocycles. The second-order valence-corrected chi connectivity index (χ2v) is 14.3. The van der Waals surface area contributed by atoms with E-state index in [1.807, 2.05) is 20.8 Å². The monoisotopic (exact) mass is 595 g/mol. The van der Waals surface area contributed by atoms with E-state index in [0.29, 0.717) is 0 Å². The highest BCUT2D eigenvalue weighted by molar-refractivity contribution is 5.85. The van der Waals surface area contributed by atoms with Crippen LogP contribution in [0, 0.1) is 17.8 Å². The Bertz CT molecular complexity index is 988. The molecule has 0 aromatic rings. The normalized spacial score (nSPS) is 13.6. The van der Waals surface area contributed by atoms with Gasteiger partial charge in [0.2, 0.25) is 5.91 Å². The van der Waals surface area contributed by atoms with E-state index in [-0.39, 0.29) is 44.7 Å². The molecule has 0 rings (SSSR count). The number of esters is 3. The van der Waals surface area contributed by atoms with E-state index in [4.69, 9.17) is 20.6 Å². The first-order valence-corrected chi connectivity index (χ1v) is 14.3. The summed E-state index contributed by atoms with van der Waals surface area (Å²) in [6.45, 7) is 20.9. The predicted octanol–water partition coefficient (Wildman–Crippen LogP) is 4.12. The largest absolute Gasteiger partial charge is 0.460 e. The van der Waals surface area contributed by atoms with Gasteiger partial charge in [-0.2, -0.15) is 0 Å². The molecule has 240 valence electrons. The van der Waals surface area contributed by atoms with E-state index in [1.54, 1.807) is 62.3 Å². The van der Waals surface area contributed by atoms with Crippen molar-refractivity contribution in [2.45, 2.75) is 138 Å². The predicted molar refractivity (Wildman–Crippen MR) is 160 cm³/mol. The lowest BCUT2D eigenvalue weighted by Gasteiger charge is -2.33. The molecule has 11 nitrogen and oxygen atoms in total. The van der Waals surface area contributed by atoms with Crippen molar-refractivity contribution >= 4 is 29.8 Å². The number of rotatable bonds is 12. The number of hydrogen-bond donors (Lipinski definition) is 2. The second-order valence-electron chi connectivity index (χ2n) is 14.3. The molecule has 0 aliphatic carbocycles. The van der Waals surface area contributed by atoms with Crippen molar-refractivity contribution in [3.8, 4) is 12.3 Å². The average Bonchev–Trinajstić information content (AvgIpc) is 2.74. The molecule has 2 N–H and O–H groups in total. The molecular formula is C31H53N3O8. The number of amides is 3. The molecule has 0 aliphatic heterocycles. The van der Waals surface area contributed by atoms with Gasteiger partial charge in [-0.1, -0.05) is 26.7 Å². The molecule has 0 aliphatic rings. The zero-order valence-corrected chi connectivity index (χ0v) is 27.7. The third kappa shape index (κ3) is 18.2. The minimum absolute atomic E-state index is 0.000826. The summed E-state index contributed by atoms with van der Waals surface area (Å²) in [6.07, 6.45) is 5.52. The number of carbonyl (C=O) groups excluding carboxylic acids is 5. The maximum Gasteiger partial charge on any atom is 0.329 e. The highest BCUT2D eigenvalue weighted by Crippen LogP contribution is 2.24. The van der Waals surface area contributed by atoms with Gasteiger partial charge < -0.3 is 29.7 Å². The van der Waals surface area contributed by atoms with Crippen LogP contribution in [0.2, 0.25) is 0 Å². The number of nitrogens with zero attached hydrogens (tertiary/aromatic N) is 1. The van der Waals surface area contributed by atoms with E-state index >= 15 is 0 Å². The van der Waals surface area contributed by atoms with Gasteiger partial charge in [-0.25, -0.2) is 9.59 Å². The van der Waals surface area contributed by atoms with Crippen molar-refractivity contribution in [2.75, 3.05) is 13.1 Å². The summed E-state index contributed by atoms with van der Waals surface area (Å²) < 4.78 is 16.1. The fraction of sp³-hybridized carbons (Fsp3) is 0.774. The van der Waals surface area contributed by atoms with Crippen LogP contribution >= 0.6 is 0 Å². The topological polar surface area (TPSA) is 140 Å². The fourth-order valence-corrected chi connectivity index (χ4v) is 3.65. The third-order valence-electron chi connectivity index (χ3n) is 5.43. The van der Waals surface area contributed by atoms with Crippen LogP contribution in [0.4, 0.5) is 4.79 Å². The minimum Gasteiger partial charge on any atom is -0.460 e. The Kier molecular flexibility index (Phi) is 14.6. The van der Waals surface area contributed by atoms with E-state index in [1.165, 1.54) is 4.90 Å². The van der Waals surface area contributed by atoms with Crippen LogP contribution in [0.5, 0.6) is 0 Å². The van der Waals surface area contributed by atoms with Gasteiger partial charge >= 0.3 is 23.9 Å². The highest BCUT2D eigenvalue weighted by atomic mass is 16.6. The van der Waals surface area contributed by atoms with E-state index < -0.39 is 58.2 Å². The van der Waals surface area contributed by atoms with Crippen LogP contribution in [0.25, 0.3) is 0 Å². The Hall–Kier alpha value is -3.29. The molecule has 0 radical (unpaired) electrons. The molecule has 0 fully saturated rings. The lowest BCUT2D eigenvalue weighted by atomic mass is 9.84. The molecule has 0 aromatic carbocycles. The van der Waals surface area contributed by atoms with E-state index in [2.05, 4.69) is 16.6 Å². The van der Waals surface area contributed by atoms with Crippen LogP contribution < -0.4 is 10.6 Å². The lowest BCUT2D eigenvalue weighted by Crippen LogP contribution is -2.53. The lowest BCUT2D eigenvalue weighted by molar-refractivity contribution is -0.159. The van der Waals surface area contributed by atoms with Gasteiger partial charge in [0, 0.05) is 18.9 Å². The standard InChI is InChI=1S/C31H53N3O8/c1-14-19-34(20-25(37)41-30(8,9)10)23(35)17-16-22(28(2,3)4)33-27(39)32-21(26(38)42-31(11,12)13)15-18-24(36)40-29(5,6)7/h1,21-22H,15-20H2,2-13H3,(H2,32,33,39)/t21-,22-/m0/s1. The van der Waals surface area contributed by atoms with Crippen LogP contribution in [0.1, 0.15) is 109 Å². The SMILES string of the molecule is C#CCN(CC(=O)OC(C)(C)C)C(=O)CC[C@H](NC(=O)N[C@@H](CCC(=O)OC(C)(C)C)C(=O)OC(C)(C)C)C(C)(C)C. The molecule has 0 saturated carbocycles. The Morgan fingerprint density at radius 2 is 1.21 bits per heavy atom. The first kappa shape index (κ1) is 38.7. The van der Waals surface area contributed by atoms with E-state index in [0.717, 1.165) is 0 Å². The van der Waals surface area contributed by atoms with Gasteiger partial charge in [0.15, 0.2) is 0 Å². The molecule has 0 heterocycles. The summed E-state index contributed by atoms with van der Waals surface area (Å²) in [5.74, 6) is 0.261. The molecule has 3 amide bonds. The second kappa shape index (κ2) is 15.8. The van der Waals surface area contributed by atoms with Crippen molar-refractivity contribution in [1.82, 2.24) is 15.5 Å². The number of terminal acetylenes is 1. The van der Waals surface area contributed by atoms with E-state index in [9.17, 15) is 24.0 Å². The van der Waals surface area contributed by atoms with Crippen molar-refractivity contribution in [2.24, 2.45) is 5.41 Å². The molecule has 0 spiro atoms. The average molecular weight is 596 g/mol. The van der Waals surface area contributed by atoms with Gasteiger partial charge in [0.1, 0.15) is 29.4 Å². The molecule has 42 heavy (non-hydrogen) atoms. The minimum atomic E-state index is -1.11. The highest BCUT2D eigenvalue weighted by Gasteiger charge is 2.32. The van der Waals surface area contributed by atoms with Crippen molar-refractivity contribution < 1.29 is 38.2 Å². The Labute approximate surface area is 252 Å². The number of hydrogen-bond acceptors (Lipinski definition) is 8. The zero-order valence-electron chi connectivity index (χ0n) is 27.7. The number of carbonyl (C=O) groups is 5. The first-order valence-electron chi connectivity index (χ1n) is 14.3. The van der Waals surface area contributed by atoms with Gasteiger partial charge in [-0.3, -0.25) is 14.4 Å². The summed E-state index contributed by atoms with van der Waals surface area (Å²) in [5.41, 5.74) is -2.68. The van der Waals surface area contributed by atoms with Crippen LogP contribution in [-0.4, -0.2) is 76.7 Å². The summed E-state index contributed by atoms with van der Waals surface area (Å²) in [5, 5.41) is 5.48. The van der Waals surface area contributed by atoms with Gasteiger partial charge in [-0.15, -0.1) is 6.42 Å².